The minimum atomic E-state index is -4.17. The maximum Gasteiger partial charge on any atom is 0.0464 e. The van der Waals surface area contributed by atoms with Crippen molar-refractivity contribution in [2.24, 2.45) is 0 Å². The molecule has 0 amide bonds. The average molecular weight is 1050 g/mol. The normalized spacial score (nSPS) is 19.9. The topological polar surface area (TPSA) is 6.48 Å². The summed E-state index contributed by atoms with van der Waals surface area (Å²) in [6, 6.07) is 60.5. The van der Waals surface area contributed by atoms with Gasteiger partial charge in [-0.3, -0.25) is 0 Å². The summed E-state index contributed by atoms with van der Waals surface area (Å²) in [5, 5.41) is 2.96. The van der Waals surface area contributed by atoms with Gasteiger partial charge in [-0.1, -0.05) is 199 Å². The van der Waals surface area contributed by atoms with Crippen molar-refractivity contribution >= 4 is 55.7 Å². The molecule has 0 saturated carbocycles. The lowest BCUT2D eigenvalue weighted by atomic mass is 9.86. The Bertz CT molecular complexity index is 5040. The van der Waals surface area contributed by atoms with E-state index in [1.54, 1.807) is 53.4 Å². The van der Waals surface area contributed by atoms with E-state index in [1.807, 2.05) is 159 Å². The van der Waals surface area contributed by atoms with Crippen LogP contribution in [0.4, 0.5) is 34.1 Å². The van der Waals surface area contributed by atoms with Crippen LogP contribution in [-0.2, 0) is 12.8 Å². The zero-order chi connectivity index (χ0) is 81.2. The molecular formula is C76H80N2. The van der Waals surface area contributed by atoms with Crippen molar-refractivity contribution in [2.45, 2.75) is 131 Å². The van der Waals surface area contributed by atoms with Crippen LogP contribution in [0.1, 0.15) is 166 Å². The number of hydrogen-bond donors (Lipinski definition) is 0. The van der Waals surface area contributed by atoms with Gasteiger partial charge in [0.2, 0.25) is 0 Å². The van der Waals surface area contributed by atoms with E-state index in [4.69, 9.17) is 39.8 Å². The molecule has 0 radical (unpaired) electrons. The first-order valence-corrected chi connectivity index (χ1v) is 25.6. The van der Waals surface area contributed by atoms with Gasteiger partial charge in [0.1, 0.15) is 0 Å². The summed E-state index contributed by atoms with van der Waals surface area (Å²) < 4.78 is 264. The largest absolute Gasteiger partial charge is 0.310 e. The molecule has 0 N–H and O–H groups in total. The van der Waals surface area contributed by atoms with Gasteiger partial charge in [-0.2, -0.15) is 0 Å². The first kappa shape index (κ1) is 27.8. The lowest BCUT2D eigenvalue weighted by Gasteiger charge is -2.26. The molecule has 2 heteroatoms. The molecule has 78 heavy (non-hydrogen) atoms. The summed E-state index contributed by atoms with van der Waals surface area (Å²) in [4.78, 5) is 3.62. The summed E-state index contributed by atoms with van der Waals surface area (Å²) in [6.07, 6.45) is -50.3. The summed E-state index contributed by atoms with van der Waals surface area (Å²) in [5.74, 6) is 0. The Hall–Kier alpha value is -7.68. The fourth-order valence-electron chi connectivity index (χ4n) is 9.84. The van der Waals surface area contributed by atoms with E-state index in [-0.39, 0.29) is 16.8 Å². The lowest BCUT2D eigenvalue weighted by molar-refractivity contribution is 0.607. The van der Waals surface area contributed by atoms with Gasteiger partial charge >= 0.3 is 0 Å². The van der Waals surface area contributed by atoms with E-state index in [2.05, 4.69) is 0 Å². The molecule has 10 aromatic rings. The molecule has 0 aliphatic carbocycles. The van der Waals surface area contributed by atoms with Gasteiger partial charge in [-0.15, -0.1) is 0 Å². The Morgan fingerprint density at radius 2 is 0.808 bits per heavy atom. The van der Waals surface area contributed by atoms with E-state index >= 15 is 0 Å². The van der Waals surface area contributed by atoms with Crippen LogP contribution in [0.15, 0.2) is 206 Å². The second-order valence-corrected chi connectivity index (χ2v) is 18.8. The third-order valence-electron chi connectivity index (χ3n) is 13.4. The molecule has 0 atom stereocenters. The number of fused-ring (bicyclic) bond motifs is 2. The SMILES string of the molecule is [2H]C([2H])C([2H])([2H])C([2H])([2H])C([2H])([2H])C([2H])([2H])C([2H])([2H])C([2H])([2H])Cc1cccc(N(c2ccc(-c3ccc4c(-c5c(C)ccc6cc(-c7ccc(N(c8cccc(C)c8)c8cccc(C([2H])([2H])C([2H])([2H])C([2H])([2H])C([2H])([2H])C([2H])([2H])C([2H])([2H])C([2H])([2H])C)c8)cc7)ccc56)c(C([2H])([2H])[2H])ccc4c3)cc2)c2cccc(C)c2)c1. The molecule has 0 aromatic heterocycles. The number of hydrogen-bond acceptors (Lipinski definition) is 2. The summed E-state index contributed by atoms with van der Waals surface area (Å²) in [6.45, 7) is 1.12. The monoisotopic (exact) mass is 1050 g/mol. The van der Waals surface area contributed by atoms with Crippen LogP contribution in [0.3, 0.4) is 0 Å². The Morgan fingerprint density at radius 1 is 0.359 bits per heavy atom. The number of rotatable bonds is 23. The number of aryl methyl sites for hydroxylation is 6. The summed E-state index contributed by atoms with van der Waals surface area (Å²) in [7, 11) is 0. The summed E-state index contributed by atoms with van der Waals surface area (Å²) in [5.41, 5.74) is 9.83. The van der Waals surface area contributed by atoms with E-state index in [9.17, 15) is 2.74 Å². The second kappa shape index (κ2) is 25.6. The fraction of sp³-hybridized carbons (Fsp3) is 0.263. The van der Waals surface area contributed by atoms with Crippen molar-refractivity contribution in [3.05, 3.63) is 240 Å². The van der Waals surface area contributed by atoms with Crippen LogP contribution in [0.5, 0.6) is 0 Å². The van der Waals surface area contributed by atoms with Gasteiger partial charge in [0, 0.05) is 76.6 Å². The molecule has 2 nitrogen and oxygen atoms in total. The average Bonchev–Trinajstić information content (AvgIpc) is 0.703. The Labute approximate surface area is 511 Å². The first-order chi connectivity index (χ1) is 50.0. The predicted octanol–water partition coefficient (Wildman–Crippen LogP) is 23.0. The molecular weight excluding hydrogens is 941 g/mol. The molecule has 0 saturated heterocycles. The summed E-state index contributed by atoms with van der Waals surface area (Å²) >= 11 is 0. The molecule has 0 bridgehead atoms. The number of nitrogens with zero attached hydrogens (tertiary/aromatic N) is 2. The van der Waals surface area contributed by atoms with E-state index < -0.39 is 109 Å². The lowest BCUT2D eigenvalue weighted by Crippen LogP contribution is -2.10. The maximum absolute atomic E-state index is 9.17. The number of benzene rings is 10. The van der Waals surface area contributed by atoms with Crippen molar-refractivity contribution in [3.63, 3.8) is 0 Å². The van der Waals surface area contributed by atoms with Crippen LogP contribution in [0.2, 0.25) is 0 Å². The molecule has 10 aromatic carbocycles. The highest BCUT2D eigenvalue weighted by molar-refractivity contribution is 6.09. The minimum absolute atomic E-state index is 0.132. The highest BCUT2D eigenvalue weighted by Crippen LogP contribution is 2.43. The smallest absolute Gasteiger partial charge is 0.0464 e. The standard InChI is InChI=1S/C76H80N2/c1-7-9-11-13-15-17-25-59-27-21-31-71(51-59)77(69-29-19-23-55(3)49-69)67-43-37-61(38-44-67)63-41-47-73-65(53-63)35-33-57(5)75(73)76-58(6)34-36-66-54-64(42-48-74(66)76)62-39-45-68(46-40-62)78(70-30-20-24-56(4)50-70)72-32-22-28-60(52-72)26-18-16-14-12-10-8-2/h19-24,27-54H,7-18,25-26H2,1-6H3/i1D2,5D3,7D2,8D2,9D2,10D2,11D2,12D2,13D2,14D2,15D2,16D2,17D2,18D2,26D2. The van der Waals surface area contributed by atoms with Gasteiger partial charge in [0.05, 0.1) is 0 Å². The molecule has 394 valence electrons. The van der Waals surface area contributed by atoms with Gasteiger partial charge in [-0.25, -0.2) is 0 Å². The maximum atomic E-state index is 9.17. The van der Waals surface area contributed by atoms with Crippen molar-refractivity contribution < 1.29 is 42.5 Å². The molecule has 10 rings (SSSR count). The van der Waals surface area contributed by atoms with Crippen molar-refractivity contribution in [2.75, 3.05) is 9.80 Å². The van der Waals surface area contributed by atoms with Crippen molar-refractivity contribution in [1.29, 1.82) is 0 Å². The predicted molar refractivity (Wildman–Crippen MR) is 340 cm³/mol. The zero-order valence-electron chi connectivity index (χ0n) is 74.8. The minimum Gasteiger partial charge on any atom is -0.310 e. The van der Waals surface area contributed by atoms with Gasteiger partial charge in [0.25, 0.3) is 0 Å². The highest BCUT2D eigenvalue weighted by atomic mass is 15.1. The molecule has 0 fully saturated rings. The van der Waals surface area contributed by atoms with Crippen LogP contribution in [0, 0.1) is 27.6 Å². The van der Waals surface area contributed by atoms with Gasteiger partial charge in [-0.05, 0) is 226 Å². The van der Waals surface area contributed by atoms with E-state index in [1.165, 1.54) is 24.3 Å². The van der Waals surface area contributed by atoms with Gasteiger partial charge in [0.15, 0.2) is 0 Å². The molecule has 0 heterocycles. The number of anilines is 6. The Balaban J connectivity index is 0.963. The second-order valence-electron chi connectivity index (χ2n) is 18.8. The molecule has 0 aliphatic heterocycles. The fourth-order valence-corrected chi connectivity index (χ4v) is 9.84. The van der Waals surface area contributed by atoms with Crippen molar-refractivity contribution in [3.8, 4) is 33.4 Å². The third-order valence-corrected chi connectivity index (χ3v) is 13.4. The first-order valence-electron chi connectivity index (χ1n) is 41.2. The quantitative estimate of drug-likeness (QED) is 0.0630. The third kappa shape index (κ3) is 12.7. The zero-order valence-corrected chi connectivity index (χ0v) is 43.8. The van der Waals surface area contributed by atoms with E-state index in [0.717, 1.165) is 55.1 Å². The Kier molecular flexibility index (Phi) is 9.13. The molecule has 0 unspecified atom stereocenters. The van der Waals surface area contributed by atoms with E-state index in [0.29, 0.717) is 51.9 Å². The van der Waals surface area contributed by atoms with Gasteiger partial charge < -0.3 is 9.80 Å². The highest BCUT2D eigenvalue weighted by Gasteiger charge is 2.19. The van der Waals surface area contributed by atoms with Crippen LogP contribution >= 0.6 is 0 Å². The molecule has 0 spiro atoms. The Morgan fingerprint density at radius 3 is 1.35 bits per heavy atom. The van der Waals surface area contributed by atoms with Crippen LogP contribution in [-0.4, -0.2) is 0 Å². The van der Waals surface area contributed by atoms with Crippen LogP contribution < -0.4 is 9.80 Å². The van der Waals surface area contributed by atoms with Crippen molar-refractivity contribution in [1.82, 2.24) is 0 Å². The molecule has 0 aliphatic rings. The van der Waals surface area contributed by atoms with Crippen LogP contribution in [0.25, 0.3) is 54.9 Å².